The number of nitrogens with zero attached hydrogens (tertiary/aromatic N) is 5. The van der Waals surface area contributed by atoms with E-state index in [-0.39, 0.29) is 11.8 Å². The largest absolute Gasteiger partial charge is 0.371 e. The normalized spacial score (nSPS) is 13.2. The number of hydrogen-bond donors (Lipinski definition) is 2. The number of anilines is 2. The third-order valence-electron chi connectivity index (χ3n) is 4.11. The molecule has 3 aromatic heterocycles. The number of rotatable bonds is 3. The van der Waals surface area contributed by atoms with Crippen LogP contribution in [0.3, 0.4) is 0 Å². The number of fused-ring (bicyclic) bond motifs is 1. The molecule has 0 radical (unpaired) electrons. The SMILES string of the molecule is CNc1ncc(C#Cc2cnn(C)c2)c2cc(NC(=O)C3CC3)nnc12. The fraction of sp³-hybridized carbons (Fsp3) is 0.278. The van der Waals surface area contributed by atoms with E-state index < -0.39 is 0 Å². The molecule has 0 aromatic carbocycles. The van der Waals surface area contributed by atoms with E-state index in [1.165, 1.54) is 0 Å². The van der Waals surface area contributed by atoms with Crippen molar-refractivity contribution in [3.63, 3.8) is 0 Å². The molecule has 8 nitrogen and oxygen atoms in total. The van der Waals surface area contributed by atoms with Crippen LogP contribution in [0.4, 0.5) is 11.6 Å². The Morgan fingerprint density at radius 3 is 2.81 bits per heavy atom. The van der Waals surface area contributed by atoms with Gasteiger partial charge in [0, 0.05) is 37.8 Å². The molecule has 2 N–H and O–H groups in total. The van der Waals surface area contributed by atoms with Gasteiger partial charge in [-0.3, -0.25) is 9.48 Å². The Kier molecular flexibility index (Phi) is 3.97. The molecule has 0 atom stereocenters. The maximum Gasteiger partial charge on any atom is 0.228 e. The number of aryl methyl sites for hydroxylation is 1. The van der Waals surface area contributed by atoms with Crippen molar-refractivity contribution in [3.05, 3.63) is 35.8 Å². The summed E-state index contributed by atoms with van der Waals surface area (Å²) < 4.78 is 1.70. The van der Waals surface area contributed by atoms with E-state index in [9.17, 15) is 4.79 Å². The molecule has 0 saturated heterocycles. The lowest BCUT2D eigenvalue weighted by molar-refractivity contribution is -0.117. The van der Waals surface area contributed by atoms with Gasteiger partial charge in [0.25, 0.3) is 0 Å². The summed E-state index contributed by atoms with van der Waals surface area (Å²) in [6.07, 6.45) is 7.09. The first-order valence-corrected chi connectivity index (χ1v) is 8.30. The smallest absolute Gasteiger partial charge is 0.228 e. The van der Waals surface area contributed by atoms with Gasteiger partial charge in [0.2, 0.25) is 5.91 Å². The fourth-order valence-corrected chi connectivity index (χ4v) is 2.57. The summed E-state index contributed by atoms with van der Waals surface area (Å²) in [5.41, 5.74) is 2.12. The molecule has 1 amide bonds. The van der Waals surface area contributed by atoms with Crippen molar-refractivity contribution in [1.29, 1.82) is 0 Å². The summed E-state index contributed by atoms with van der Waals surface area (Å²) in [6.45, 7) is 0. The molecule has 3 heterocycles. The van der Waals surface area contributed by atoms with Gasteiger partial charge in [-0.2, -0.15) is 5.10 Å². The second kappa shape index (κ2) is 6.44. The van der Waals surface area contributed by atoms with Crippen LogP contribution in [0.15, 0.2) is 24.7 Å². The number of carbonyl (C=O) groups excluding carboxylic acids is 1. The van der Waals surface area contributed by atoms with Crippen molar-refractivity contribution >= 4 is 28.4 Å². The minimum atomic E-state index is -0.00968. The molecule has 3 aromatic rings. The highest BCUT2D eigenvalue weighted by Crippen LogP contribution is 2.30. The van der Waals surface area contributed by atoms with Crippen LogP contribution in [0.5, 0.6) is 0 Å². The van der Waals surface area contributed by atoms with Gasteiger partial charge in [0.1, 0.15) is 5.52 Å². The Bertz CT molecular complexity index is 1060. The average Bonchev–Trinajstić information content (AvgIpc) is 3.42. The predicted octanol–water partition coefficient (Wildman–Crippen LogP) is 1.55. The van der Waals surface area contributed by atoms with E-state index >= 15 is 0 Å². The molecule has 26 heavy (non-hydrogen) atoms. The molecule has 4 rings (SSSR count). The van der Waals surface area contributed by atoms with Crippen molar-refractivity contribution < 1.29 is 4.79 Å². The zero-order chi connectivity index (χ0) is 18.1. The summed E-state index contributed by atoms with van der Waals surface area (Å²) in [5.74, 6) is 7.30. The van der Waals surface area contributed by atoms with Crippen molar-refractivity contribution in [3.8, 4) is 11.8 Å². The molecule has 0 aliphatic heterocycles. The molecule has 1 aliphatic carbocycles. The molecule has 1 saturated carbocycles. The first kappa shape index (κ1) is 16.0. The van der Waals surface area contributed by atoms with Crippen LogP contribution >= 0.6 is 0 Å². The standard InChI is InChI=1S/C18H17N7O/c1-19-17-16-14(7-15(23-24-16)22-18(26)12-5-6-12)13(9-20-17)4-3-11-8-21-25(2)10-11/h7-10,12H,5-6H2,1-2H3,(H,19,20)(H,22,23,26). The molecule has 1 aliphatic rings. The Labute approximate surface area is 150 Å². The van der Waals surface area contributed by atoms with Gasteiger partial charge >= 0.3 is 0 Å². The van der Waals surface area contributed by atoms with Crippen molar-refractivity contribution in [2.75, 3.05) is 17.7 Å². The summed E-state index contributed by atoms with van der Waals surface area (Å²) in [7, 11) is 3.61. The molecule has 0 unspecified atom stereocenters. The monoisotopic (exact) mass is 347 g/mol. The molecule has 8 heteroatoms. The highest BCUT2D eigenvalue weighted by molar-refractivity contribution is 5.97. The highest BCUT2D eigenvalue weighted by atomic mass is 16.2. The molecule has 130 valence electrons. The van der Waals surface area contributed by atoms with E-state index in [1.807, 2.05) is 13.2 Å². The summed E-state index contributed by atoms with van der Waals surface area (Å²) in [4.78, 5) is 16.3. The lowest BCUT2D eigenvalue weighted by Crippen LogP contribution is -2.15. The summed E-state index contributed by atoms with van der Waals surface area (Å²) in [6, 6.07) is 1.79. The Balaban J connectivity index is 1.75. The maximum absolute atomic E-state index is 12.0. The minimum Gasteiger partial charge on any atom is -0.371 e. The van der Waals surface area contributed by atoms with Gasteiger partial charge in [-0.15, -0.1) is 10.2 Å². The third kappa shape index (κ3) is 3.19. The number of amides is 1. The van der Waals surface area contributed by atoms with Crippen molar-refractivity contribution in [2.24, 2.45) is 13.0 Å². The van der Waals surface area contributed by atoms with Crippen LogP contribution in [-0.4, -0.2) is 37.9 Å². The fourth-order valence-electron chi connectivity index (χ4n) is 2.57. The van der Waals surface area contributed by atoms with Crippen molar-refractivity contribution in [2.45, 2.75) is 12.8 Å². The van der Waals surface area contributed by atoms with Crippen LogP contribution in [0.2, 0.25) is 0 Å². The zero-order valence-corrected chi connectivity index (χ0v) is 14.4. The third-order valence-corrected chi connectivity index (χ3v) is 4.11. The maximum atomic E-state index is 12.0. The number of aromatic nitrogens is 5. The van der Waals surface area contributed by atoms with E-state index in [2.05, 4.69) is 42.8 Å². The number of hydrogen-bond acceptors (Lipinski definition) is 6. The van der Waals surface area contributed by atoms with Gasteiger partial charge < -0.3 is 10.6 Å². The quantitative estimate of drug-likeness (QED) is 0.698. The molecule has 0 spiro atoms. The second-order valence-corrected chi connectivity index (χ2v) is 6.18. The van der Waals surface area contributed by atoms with Crippen LogP contribution in [-0.2, 0) is 11.8 Å². The first-order valence-electron chi connectivity index (χ1n) is 8.30. The lowest BCUT2D eigenvalue weighted by Gasteiger charge is -2.08. The van der Waals surface area contributed by atoms with Crippen LogP contribution in [0, 0.1) is 17.8 Å². The van der Waals surface area contributed by atoms with Crippen LogP contribution in [0.25, 0.3) is 10.9 Å². The van der Waals surface area contributed by atoms with E-state index in [4.69, 9.17) is 0 Å². The highest BCUT2D eigenvalue weighted by Gasteiger charge is 2.30. The average molecular weight is 347 g/mol. The molecular formula is C18H17N7O. The van der Waals surface area contributed by atoms with Crippen LogP contribution < -0.4 is 10.6 Å². The Hall–Kier alpha value is -3.47. The van der Waals surface area contributed by atoms with Crippen LogP contribution in [0.1, 0.15) is 24.0 Å². The van der Waals surface area contributed by atoms with Crippen molar-refractivity contribution in [1.82, 2.24) is 25.0 Å². The molecule has 0 bridgehead atoms. The molecular weight excluding hydrogens is 330 g/mol. The summed E-state index contributed by atoms with van der Waals surface area (Å²) >= 11 is 0. The zero-order valence-electron chi connectivity index (χ0n) is 14.4. The van der Waals surface area contributed by atoms with E-state index in [1.54, 1.807) is 30.2 Å². The van der Waals surface area contributed by atoms with Gasteiger partial charge in [-0.05, 0) is 18.9 Å². The molecule has 1 fully saturated rings. The first-order chi connectivity index (χ1) is 12.6. The number of pyridine rings is 1. The van der Waals surface area contributed by atoms with Gasteiger partial charge in [0.05, 0.1) is 17.3 Å². The van der Waals surface area contributed by atoms with Gasteiger partial charge in [-0.25, -0.2) is 4.98 Å². The topological polar surface area (TPSA) is 97.6 Å². The van der Waals surface area contributed by atoms with E-state index in [0.717, 1.165) is 23.8 Å². The van der Waals surface area contributed by atoms with Gasteiger partial charge in [0.15, 0.2) is 11.6 Å². The number of nitrogens with one attached hydrogen (secondary N) is 2. The Morgan fingerprint density at radius 1 is 1.27 bits per heavy atom. The summed E-state index contributed by atoms with van der Waals surface area (Å²) in [5, 5.41) is 19.0. The number of carbonyl (C=O) groups is 1. The second-order valence-electron chi connectivity index (χ2n) is 6.18. The van der Waals surface area contributed by atoms with E-state index in [0.29, 0.717) is 22.7 Å². The Morgan fingerprint density at radius 2 is 2.12 bits per heavy atom. The van der Waals surface area contributed by atoms with Gasteiger partial charge in [-0.1, -0.05) is 11.8 Å². The minimum absolute atomic E-state index is 0.00968. The predicted molar refractivity (Wildman–Crippen MR) is 97.4 cm³/mol. The lowest BCUT2D eigenvalue weighted by atomic mass is 10.1.